The third kappa shape index (κ3) is 2.04. The summed E-state index contributed by atoms with van der Waals surface area (Å²) in [6, 6.07) is 0.298. The van der Waals surface area contributed by atoms with E-state index in [1.165, 1.54) is 12.0 Å². The molecule has 0 radical (unpaired) electrons. The van der Waals surface area contributed by atoms with Crippen molar-refractivity contribution < 1.29 is 0 Å². The Morgan fingerprint density at radius 1 is 1.57 bits per heavy atom. The monoisotopic (exact) mass is 191 g/mol. The van der Waals surface area contributed by atoms with Crippen molar-refractivity contribution in [3.05, 3.63) is 29.9 Å². The number of nitrogens with two attached hydrogens (primary N) is 1. The smallest absolute Gasteiger partial charge is 0.108 e. The minimum Gasteiger partial charge on any atom is -0.338 e. The largest absolute Gasteiger partial charge is 0.338 e. The molecule has 0 amide bonds. The Hall–Kier alpha value is -1.09. The summed E-state index contributed by atoms with van der Waals surface area (Å²) in [6.07, 6.45) is 10.5. The molecule has 1 aromatic rings. The van der Waals surface area contributed by atoms with Gasteiger partial charge in [0.1, 0.15) is 5.82 Å². The van der Waals surface area contributed by atoms with E-state index in [0.717, 1.165) is 25.1 Å². The van der Waals surface area contributed by atoms with E-state index in [4.69, 9.17) is 5.73 Å². The van der Waals surface area contributed by atoms with Crippen LogP contribution in [0.5, 0.6) is 0 Å². The van der Waals surface area contributed by atoms with E-state index in [1.54, 1.807) is 0 Å². The Bertz CT molecular complexity index is 338. The molecule has 76 valence electrons. The van der Waals surface area contributed by atoms with Gasteiger partial charge >= 0.3 is 0 Å². The average molecular weight is 191 g/mol. The van der Waals surface area contributed by atoms with Crippen molar-refractivity contribution in [1.82, 2.24) is 9.55 Å². The number of aromatic nitrogens is 2. The van der Waals surface area contributed by atoms with Crippen molar-refractivity contribution in [2.75, 3.05) is 0 Å². The maximum atomic E-state index is 5.81. The zero-order chi connectivity index (χ0) is 9.97. The third-order valence-electron chi connectivity index (χ3n) is 2.84. The highest BCUT2D eigenvalue weighted by molar-refractivity contribution is 5.14. The highest BCUT2D eigenvalue weighted by Crippen LogP contribution is 2.21. The first kappa shape index (κ1) is 9.46. The van der Waals surface area contributed by atoms with Crippen LogP contribution in [0.1, 0.15) is 25.1 Å². The highest BCUT2D eigenvalue weighted by Gasteiger charge is 2.11. The van der Waals surface area contributed by atoms with Crippen molar-refractivity contribution in [3.8, 4) is 0 Å². The summed E-state index contributed by atoms with van der Waals surface area (Å²) in [5.41, 5.74) is 7.31. The quantitative estimate of drug-likeness (QED) is 0.734. The summed E-state index contributed by atoms with van der Waals surface area (Å²) in [5, 5.41) is 0. The van der Waals surface area contributed by atoms with E-state index in [9.17, 15) is 0 Å². The van der Waals surface area contributed by atoms with Crippen molar-refractivity contribution in [3.63, 3.8) is 0 Å². The zero-order valence-electron chi connectivity index (χ0n) is 8.61. The molecule has 1 unspecified atom stereocenters. The lowest BCUT2D eigenvalue weighted by Gasteiger charge is -2.02. The number of aryl methyl sites for hydroxylation is 2. The molecule has 0 aliphatic heterocycles. The van der Waals surface area contributed by atoms with Gasteiger partial charge in [-0.05, 0) is 19.3 Å². The maximum absolute atomic E-state index is 5.81. The van der Waals surface area contributed by atoms with Gasteiger partial charge in [0.2, 0.25) is 0 Å². The predicted molar refractivity (Wildman–Crippen MR) is 56.8 cm³/mol. The molecule has 0 fully saturated rings. The molecule has 1 aliphatic carbocycles. The molecule has 2 N–H and O–H groups in total. The van der Waals surface area contributed by atoms with Crippen LogP contribution in [0.25, 0.3) is 0 Å². The molecule has 0 saturated carbocycles. The van der Waals surface area contributed by atoms with Crippen LogP contribution in [-0.2, 0) is 13.5 Å². The molecule has 0 saturated heterocycles. The Balaban J connectivity index is 1.89. The van der Waals surface area contributed by atoms with Crippen LogP contribution in [0.2, 0.25) is 0 Å². The number of imidazole rings is 1. The number of rotatable bonds is 3. The fourth-order valence-corrected chi connectivity index (χ4v) is 1.94. The van der Waals surface area contributed by atoms with Gasteiger partial charge in [-0.2, -0.15) is 0 Å². The molecule has 2 rings (SSSR count). The fourth-order valence-electron chi connectivity index (χ4n) is 1.94. The van der Waals surface area contributed by atoms with E-state index in [1.807, 2.05) is 19.4 Å². The van der Waals surface area contributed by atoms with Crippen LogP contribution in [-0.4, -0.2) is 15.6 Å². The minimum absolute atomic E-state index is 0.298. The van der Waals surface area contributed by atoms with Gasteiger partial charge in [0.05, 0.1) is 0 Å². The van der Waals surface area contributed by atoms with Gasteiger partial charge in [-0.3, -0.25) is 0 Å². The van der Waals surface area contributed by atoms with Crippen LogP contribution in [0.15, 0.2) is 24.0 Å². The van der Waals surface area contributed by atoms with Crippen molar-refractivity contribution in [2.45, 2.75) is 31.7 Å². The molecule has 1 aliphatic rings. The van der Waals surface area contributed by atoms with Gasteiger partial charge in [-0.15, -0.1) is 0 Å². The number of hydrogen-bond acceptors (Lipinski definition) is 2. The number of hydrogen-bond donors (Lipinski definition) is 1. The molecule has 0 spiro atoms. The second-order valence-electron chi connectivity index (χ2n) is 3.98. The summed E-state index contributed by atoms with van der Waals surface area (Å²) < 4.78 is 2.08. The third-order valence-corrected chi connectivity index (χ3v) is 2.84. The van der Waals surface area contributed by atoms with E-state index >= 15 is 0 Å². The van der Waals surface area contributed by atoms with Gasteiger partial charge in [0.25, 0.3) is 0 Å². The van der Waals surface area contributed by atoms with Crippen LogP contribution >= 0.6 is 0 Å². The van der Waals surface area contributed by atoms with E-state index < -0.39 is 0 Å². The maximum Gasteiger partial charge on any atom is 0.108 e. The second-order valence-corrected chi connectivity index (χ2v) is 3.98. The molecule has 0 bridgehead atoms. The molecule has 1 atom stereocenters. The van der Waals surface area contributed by atoms with Gasteiger partial charge in [-0.25, -0.2) is 4.98 Å². The Kier molecular flexibility index (Phi) is 2.68. The molecule has 1 heterocycles. The zero-order valence-corrected chi connectivity index (χ0v) is 8.61. The normalized spacial score (nSPS) is 21.3. The Morgan fingerprint density at radius 2 is 2.43 bits per heavy atom. The summed E-state index contributed by atoms with van der Waals surface area (Å²) >= 11 is 0. The number of allylic oxidation sites excluding steroid dienone is 1. The first-order valence-corrected chi connectivity index (χ1v) is 5.17. The SMILES string of the molecule is Cn1ccnc1CCC1=CC(N)CC1. The first-order chi connectivity index (χ1) is 6.75. The lowest BCUT2D eigenvalue weighted by molar-refractivity contribution is 0.738. The van der Waals surface area contributed by atoms with E-state index in [0.29, 0.717) is 6.04 Å². The topological polar surface area (TPSA) is 43.8 Å². The Morgan fingerprint density at radius 3 is 3.00 bits per heavy atom. The van der Waals surface area contributed by atoms with Gasteiger partial charge in [0.15, 0.2) is 0 Å². The van der Waals surface area contributed by atoms with Crippen LogP contribution in [0.4, 0.5) is 0 Å². The van der Waals surface area contributed by atoms with E-state index in [2.05, 4.69) is 15.6 Å². The summed E-state index contributed by atoms with van der Waals surface area (Å²) in [7, 11) is 2.04. The van der Waals surface area contributed by atoms with Crippen LogP contribution in [0, 0.1) is 0 Å². The van der Waals surface area contributed by atoms with Crippen molar-refractivity contribution >= 4 is 0 Å². The van der Waals surface area contributed by atoms with Crippen molar-refractivity contribution in [1.29, 1.82) is 0 Å². The molecule has 1 aromatic heterocycles. The summed E-state index contributed by atoms with van der Waals surface area (Å²) in [6.45, 7) is 0. The molecule has 14 heavy (non-hydrogen) atoms. The second kappa shape index (κ2) is 3.96. The molecule has 3 nitrogen and oxygen atoms in total. The summed E-state index contributed by atoms with van der Waals surface area (Å²) in [5.74, 6) is 1.16. The summed E-state index contributed by atoms with van der Waals surface area (Å²) in [4.78, 5) is 4.30. The first-order valence-electron chi connectivity index (χ1n) is 5.17. The standard InChI is InChI=1S/C11H17N3/c1-14-7-6-13-11(14)5-3-9-2-4-10(12)8-9/h6-8,10H,2-5,12H2,1H3. The average Bonchev–Trinajstić information content (AvgIpc) is 2.72. The van der Waals surface area contributed by atoms with Crippen LogP contribution in [0.3, 0.4) is 0 Å². The molecular formula is C11H17N3. The lowest BCUT2D eigenvalue weighted by atomic mass is 10.1. The van der Waals surface area contributed by atoms with Gasteiger partial charge in [0, 0.05) is 31.9 Å². The lowest BCUT2D eigenvalue weighted by Crippen LogP contribution is -2.11. The van der Waals surface area contributed by atoms with E-state index in [-0.39, 0.29) is 0 Å². The molecule has 3 heteroatoms. The fraction of sp³-hybridized carbons (Fsp3) is 0.545. The molecule has 0 aromatic carbocycles. The number of nitrogens with zero attached hydrogens (tertiary/aromatic N) is 2. The predicted octanol–water partition coefficient (Wildman–Crippen LogP) is 1.40. The van der Waals surface area contributed by atoms with Gasteiger partial charge < -0.3 is 10.3 Å². The highest BCUT2D eigenvalue weighted by atomic mass is 15.0. The minimum atomic E-state index is 0.298. The van der Waals surface area contributed by atoms with Gasteiger partial charge in [-0.1, -0.05) is 11.6 Å². The van der Waals surface area contributed by atoms with Crippen molar-refractivity contribution in [2.24, 2.45) is 12.8 Å². The Labute approximate surface area is 84.6 Å². The van der Waals surface area contributed by atoms with Crippen LogP contribution < -0.4 is 5.73 Å². The molecular weight excluding hydrogens is 174 g/mol.